The van der Waals surface area contributed by atoms with Gasteiger partial charge in [0.15, 0.2) is 0 Å². The summed E-state index contributed by atoms with van der Waals surface area (Å²) in [6.07, 6.45) is 9.02. The predicted octanol–water partition coefficient (Wildman–Crippen LogP) is 2.30. The van der Waals surface area contributed by atoms with Crippen molar-refractivity contribution in [2.45, 2.75) is 50.5 Å². The molecule has 0 bridgehead atoms. The van der Waals surface area contributed by atoms with E-state index in [1.54, 1.807) is 6.07 Å². The Bertz CT molecular complexity index is 752. The maximum absolute atomic E-state index is 11.3. The fourth-order valence-corrected chi connectivity index (χ4v) is 3.57. The van der Waals surface area contributed by atoms with Crippen molar-refractivity contribution in [3.63, 3.8) is 0 Å². The van der Waals surface area contributed by atoms with Crippen LogP contribution in [0.25, 0.3) is 0 Å². The second-order valence-corrected chi connectivity index (χ2v) is 6.93. The van der Waals surface area contributed by atoms with E-state index in [1.807, 2.05) is 12.3 Å². The van der Waals surface area contributed by atoms with Crippen LogP contribution in [0.1, 0.15) is 50.3 Å². The van der Waals surface area contributed by atoms with Gasteiger partial charge in [-0.25, -0.2) is 15.1 Å². The van der Waals surface area contributed by atoms with Crippen molar-refractivity contribution in [1.82, 2.24) is 20.2 Å². The Kier molecular flexibility index (Phi) is 4.63. The third-order valence-electron chi connectivity index (χ3n) is 5.25. The molecule has 0 radical (unpaired) electrons. The minimum absolute atomic E-state index is 0.167. The molecule has 2 aliphatic rings. The Morgan fingerprint density at radius 2 is 2.08 bits per heavy atom. The Balaban J connectivity index is 1.43. The number of nitrogens with zero attached hydrogens (tertiary/aromatic N) is 4. The molecule has 2 aromatic rings. The molecule has 0 aromatic carbocycles. The first kappa shape index (κ1) is 16.1. The van der Waals surface area contributed by atoms with Crippen LogP contribution in [-0.4, -0.2) is 39.3 Å². The number of piperidine rings is 1. The average Bonchev–Trinajstić information content (AvgIpc) is 2.60. The zero-order valence-corrected chi connectivity index (χ0v) is 14.3. The van der Waals surface area contributed by atoms with Gasteiger partial charge in [-0.05, 0) is 44.2 Å². The summed E-state index contributed by atoms with van der Waals surface area (Å²) in [5, 5.41) is 10.2. The zero-order chi connectivity index (χ0) is 17.1. The fourth-order valence-electron chi connectivity index (χ4n) is 3.57. The van der Waals surface area contributed by atoms with Gasteiger partial charge in [-0.3, -0.25) is 4.79 Å². The van der Waals surface area contributed by atoms with Crippen LogP contribution in [0.5, 0.6) is 0 Å². The summed E-state index contributed by atoms with van der Waals surface area (Å²) in [5.41, 5.74) is -0.167. The van der Waals surface area contributed by atoms with E-state index in [-0.39, 0.29) is 5.56 Å². The van der Waals surface area contributed by atoms with E-state index in [9.17, 15) is 4.79 Å². The molecular formula is C18H24N6O. The SMILES string of the molecule is O=c1ccc(N2CCCCC2CNc2ccnc(C3CCC3)n2)n[nH]1. The van der Waals surface area contributed by atoms with Gasteiger partial charge in [0.25, 0.3) is 5.56 Å². The second kappa shape index (κ2) is 7.21. The summed E-state index contributed by atoms with van der Waals surface area (Å²) in [4.78, 5) is 22.6. The van der Waals surface area contributed by atoms with Gasteiger partial charge in [0.05, 0.1) is 0 Å². The number of hydrogen-bond acceptors (Lipinski definition) is 6. The predicted molar refractivity (Wildman–Crippen MR) is 97.0 cm³/mol. The fraction of sp³-hybridized carbons (Fsp3) is 0.556. The van der Waals surface area contributed by atoms with Crippen molar-refractivity contribution >= 4 is 11.6 Å². The highest BCUT2D eigenvalue weighted by molar-refractivity contribution is 5.40. The van der Waals surface area contributed by atoms with Crippen LogP contribution >= 0.6 is 0 Å². The van der Waals surface area contributed by atoms with Gasteiger partial charge in [0.2, 0.25) is 0 Å². The summed E-state index contributed by atoms with van der Waals surface area (Å²) >= 11 is 0. The van der Waals surface area contributed by atoms with Crippen molar-refractivity contribution in [3.8, 4) is 0 Å². The van der Waals surface area contributed by atoms with E-state index in [0.717, 1.165) is 43.4 Å². The van der Waals surface area contributed by atoms with Crippen LogP contribution in [0.4, 0.5) is 11.6 Å². The van der Waals surface area contributed by atoms with Crippen molar-refractivity contribution in [2.24, 2.45) is 0 Å². The van der Waals surface area contributed by atoms with Gasteiger partial charge >= 0.3 is 0 Å². The summed E-state index contributed by atoms with van der Waals surface area (Å²) < 4.78 is 0. The first-order valence-corrected chi connectivity index (χ1v) is 9.19. The number of aromatic amines is 1. The lowest BCUT2D eigenvalue weighted by Crippen LogP contribution is -2.44. The Hall–Kier alpha value is -2.44. The third-order valence-corrected chi connectivity index (χ3v) is 5.25. The van der Waals surface area contributed by atoms with Crippen molar-refractivity contribution in [3.05, 3.63) is 40.6 Å². The molecule has 1 saturated heterocycles. The Morgan fingerprint density at radius 3 is 2.84 bits per heavy atom. The molecule has 1 saturated carbocycles. The highest BCUT2D eigenvalue weighted by atomic mass is 16.1. The summed E-state index contributed by atoms with van der Waals surface area (Å²) in [5.74, 6) is 3.25. The molecule has 2 fully saturated rings. The van der Waals surface area contributed by atoms with Crippen molar-refractivity contribution < 1.29 is 0 Å². The number of anilines is 2. The Labute approximate surface area is 146 Å². The first-order valence-electron chi connectivity index (χ1n) is 9.19. The van der Waals surface area contributed by atoms with Crippen LogP contribution in [0.2, 0.25) is 0 Å². The minimum atomic E-state index is -0.167. The van der Waals surface area contributed by atoms with Crippen LogP contribution < -0.4 is 15.8 Å². The van der Waals surface area contributed by atoms with Crippen molar-refractivity contribution in [2.75, 3.05) is 23.3 Å². The normalized spacial score (nSPS) is 21.0. The van der Waals surface area contributed by atoms with E-state index >= 15 is 0 Å². The maximum atomic E-state index is 11.3. The molecular weight excluding hydrogens is 316 g/mol. The lowest BCUT2D eigenvalue weighted by molar-refractivity contribution is 0.401. The van der Waals surface area contributed by atoms with Gasteiger partial charge in [-0.2, -0.15) is 5.10 Å². The van der Waals surface area contributed by atoms with Crippen LogP contribution in [-0.2, 0) is 0 Å². The van der Waals surface area contributed by atoms with Gasteiger partial charge in [-0.1, -0.05) is 6.42 Å². The minimum Gasteiger partial charge on any atom is -0.368 e. The highest BCUT2D eigenvalue weighted by Gasteiger charge is 2.25. The molecule has 132 valence electrons. The number of H-pyrrole nitrogens is 1. The van der Waals surface area contributed by atoms with E-state index in [1.165, 1.54) is 31.7 Å². The molecule has 0 spiro atoms. The van der Waals surface area contributed by atoms with Gasteiger partial charge in [0.1, 0.15) is 17.5 Å². The third kappa shape index (κ3) is 3.65. The smallest absolute Gasteiger partial charge is 0.264 e. The number of hydrogen-bond donors (Lipinski definition) is 2. The Morgan fingerprint density at radius 1 is 1.16 bits per heavy atom. The lowest BCUT2D eigenvalue weighted by atomic mass is 9.85. The maximum Gasteiger partial charge on any atom is 0.264 e. The monoisotopic (exact) mass is 340 g/mol. The molecule has 1 unspecified atom stereocenters. The van der Waals surface area contributed by atoms with Gasteiger partial charge < -0.3 is 10.2 Å². The largest absolute Gasteiger partial charge is 0.368 e. The number of aromatic nitrogens is 4. The molecule has 1 aliphatic heterocycles. The van der Waals surface area contributed by atoms with Crippen LogP contribution in [0.15, 0.2) is 29.2 Å². The standard InChI is InChI=1S/C18H24N6O/c25-17-8-7-16(22-23-17)24-11-2-1-6-14(24)12-20-15-9-10-19-18(21-15)13-4-3-5-13/h7-10,13-14H,1-6,11-12H2,(H,23,25)(H,19,20,21). The molecule has 7 nitrogen and oxygen atoms in total. The summed E-state index contributed by atoms with van der Waals surface area (Å²) in [6, 6.07) is 5.62. The zero-order valence-electron chi connectivity index (χ0n) is 14.3. The second-order valence-electron chi connectivity index (χ2n) is 6.93. The molecule has 1 atom stereocenters. The van der Waals surface area contributed by atoms with Gasteiger partial charge in [0, 0.05) is 37.3 Å². The average molecular weight is 340 g/mol. The molecule has 25 heavy (non-hydrogen) atoms. The summed E-state index contributed by atoms with van der Waals surface area (Å²) in [7, 11) is 0. The number of rotatable bonds is 5. The summed E-state index contributed by atoms with van der Waals surface area (Å²) in [6.45, 7) is 1.77. The molecule has 3 heterocycles. The topological polar surface area (TPSA) is 86.8 Å². The molecule has 0 amide bonds. The molecule has 2 N–H and O–H groups in total. The quantitative estimate of drug-likeness (QED) is 0.868. The highest BCUT2D eigenvalue weighted by Crippen LogP contribution is 2.34. The van der Waals surface area contributed by atoms with E-state index < -0.39 is 0 Å². The lowest BCUT2D eigenvalue weighted by Gasteiger charge is -2.36. The first-order chi connectivity index (χ1) is 12.3. The van der Waals surface area contributed by atoms with Crippen LogP contribution in [0, 0.1) is 0 Å². The molecule has 7 heteroatoms. The van der Waals surface area contributed by atoms with Gasteiger partial charge in [-0.15, -0.1) is 0 Å². The number of nitrogens with one attached hydrogen (secondary N) is 2. The van der Waals surface area contributed by atoms with Crippen LogP contribution in [0.3, 0.4) is 0 Å². The molecule has 1 aliphatic carbocycles. The van der Waals surface area contributed by atoms with E-state index in [4.69, 9.17) is 0 Å². The molecule has 2 aromatic heterocycles. The van der Waals surface area contributed by atoms with E-state index in [0.29, 0.717) is 12.0 Å². The molecule has 4 rings (SSSR count). The van der Waals surface area contributed by atoms with E-state index in [2.05, 4.69) is 30.4 Å². The van der Waals surface area contributed by atoms with Crippen molar-refractivity contribution in [1.29, 1.82) is 0 Å².